The minimum Gasteiger partial charge on any atom is -0.492 e. The predicted molar refractivity (Wildman–Crippen MR) is 140 cm³/mol. The second-order valence-corrected chi connectivity index (χ2v) is 8.38. The number of benzene rings is 3. The molecule has 37 heavy (non-hydrogen) atoms. The molecule has 2 amide bonds. The van der Waals surface area contributed by atoms with Crippen molar-refractivity contribution in [3.63, 3.8) is 0 Å². The zero-order chi connectivity index (χ0) is 26.0. The number of hydrogen-bond donors (Lipinski definition) is 1. The standard InChI is InChI=1S/C29H29N3O5/c1-2-36-25-16-10-9-15-24(25)30-29(35)28(22-13-7-4-8-14-22)37-27(34)18-17-26(33)32-20-19-23(31-32)21-11-5-3-6-12-21/h3-16,28H,2,17-20H2,1H3,(H,30,35). The van der Waals surface area contributed by atoms with Crippen LogP contribution >= 0.6 is 0 Å². The van der Waals surface area contributed by atoms with Crippen LogP contribution < -0.4 is 10.1 Å². The highest BCUT2D eigenvalue weighted by Gasteiger charge is 2.27. The average molecular weight is 500 g/mol. The minimum absolute atomic E-state index is 0.0687. The van der Waals surface area contributed by atoms with E-state index in [1.54, 1.807) is 48.5 Å². The van der Waals surface area contributed by atoms with Crippen LogP contribution in [0.15, 0.2) is 90.0 Å². The molecule has 0 spiro atoms. The van der Waals surface area contributed by atoms with E-state index in [1.165, 1.54) is 5.01 Å². The van der Waals surface area contributed by atoms with Gasteiger partial charge in [-0.05, 0) is 24.6 Å². The highest BCUT2D eigenvalue weighted by Crippen LogP contribution is 2.27. The van der Waals surface area contributed by atoms with Gasteiger partial charge in [0.25, 0.3) is 5.91 Å². The average Bonchev–Trinajstić information content (AvgIpc) is 3.43. The first-order valence-electron chi connectivity index (χ1n) is 12.3. The zero-order valence-corrected chi connectivity index (χ0v) is 20.6. The summed E-state index contributed by atoms with van der Waals surface area (Å²) in [4.78, 5) is 38.6. The van der Waals surface area contributed by atoms with E-state index in [9.17, 15) is 14.4 Å². The van der Waals surface area contributed by atoms with E-state index >= 15 is 0 Å². The smallest absolute Gasteiger partial charge is 0.307 e. The number of ether oxygens (including phenoxy) is 2. The van der Waals surface area contributed by atoms with Crippen LogP contribution in [0.25, 0.3) is 0 Å². The van der Waals surface area contributed by atoms with E-state index in [4.69, 9.17) is 9.47 Å². The molecule has 8 heteroatoms. The lowest BCUT2D eigenvalue weighted by Gasteiger charge is -2.19. The number of amides is 2. The molecule has 1 unspecified atom stereocenters. The molecular weight excluding hydrogens is 470 g/mol. The van der Waals surface area contributed by atoms with Gasteiger partial charge in [0.15, 0.2) is 0 Å². The number of carbonyl (C=O) groups is 3. The van der Waals surface area contributed by atoms with Gasteiger partial charge < -0.3 is 14.8 Å². The van der Waals surface area contributed by atoms with Crippen LogP contribution in [-0.2, 0) is 19.1 Å². The van der Waals surface area contributed by atoms with E-state index in [1.807, 2.05) is 43.3 Å². The summed E-state index contributed by atoms with van der Waals surface area (Å²) in [6.45, 7) is 2.75. The van der Waals surface area contributed by atoms with E-state index < -0.39 is 18.0 Å². The fourth-order valence-electron chi connectivity index (χ4n) is 3.95. The first-order chi connectivity index (χ1) is 18.0. The molecule has 0 fully saturated rings. The van der Waals surface area contributed by atoms with Crippen LogP contribution in [0.1, 0.15) is 43.4 Å². The highest BCUT2D eigenvalue weighted by atomic mass is 16.5. The Morgan fingerprint density at radius 3 is 2.32 bits per heavy atom. The Morgan fingerprint density at radius 1 is 0.919 bits per heavy atom. The van der Waals surface area contributed by atoms with Crippen molar-refractivity contribution in [2.45, 2.75) is 32.3 Å². The number of carbonyl (C=O) groups excluding carboxylic acids is 3. The molecule has 0 aromatic heterocycles. The Morgan fingerprint density at radius 2 is 1.59 bits per heavy atom. The second-order valence-electron chi connectivity index (χ2n) is 8.38. The monoisotopic (exact) mass is 499 g/mol. The molecule has 0 bridgehead atoms. The van der Waals surface area contributed by atoms with Crippen molar-refractivity contribution in [1.29, 1.82) is 0 Å². The summed E-state index contributed by atoms with van der Waals surface area (Å²) >= 11 is 0. The molecule has 1 aliphatic rings. The lowest BCUT2D eigenvalue weighted by Crippen LogP contribution is -2.27. The first kappa shape index (κ1) is 25.6. The Bertz CT molecular complexity index is 1260. The summed E-state index contributed by atoms with van der Waals surface area (Å²) in [6.07, 6.45) is -0.772. The molecule has 190 valence electrons. The second kappa shape index (κ2) is 12.5. The van der Waals surface area contributed by atoms with Gasteiger partial charge in [0.1, 0.15) is 5.75 Å². The van der Waals surface area contributed by atoms with Crippen LogP contribution in [0.4, 0.5) is 5.69 Å². The maximum Gasteiger partial charge on any atom is 0.307 e. The topological polar surface area (TPSA) is 97.3 Å². The fourth-order valence-corrected chi connectivity index (χ4v) is 3.95. The number of hydrogen-bond acceptors (Lipinski definition) is 6. The number of para-hydroxylation sites is 2. The van der Waals surface area contributed by atoms with Crippen molar-refractivity contribution in [3.8, 4) is 5.75 Å². The molecule has 0 saturated carbocycles. The maximum absolute atomic E-state index is 13.2. The number of rotatable bonds is 10. The third-order valence-electron chi connectivity index (χ3n) is 5.77. The molecular formula is C29H29N3O5. The Hall–Kier alpha value is -4.46. The summed E-state index contributed by atoms with van der Waals surface area (Å²) in [5, 5.41) is 8.60. The Kier molecular flexibility index (Phi) is 8.65. The summed E-state index contributed by atoms with van der Waals surface area (Å²) in [7, 11) is 0. The van der Waals surface area contributed by atoms with Crippen molar-refractivity contribution in [2.24, 2.45) is 5.10 Å². The molecule has 1 N–H and O–H groups in total. The molecule has 0 aliphatic carbocycles. The number of anilines is 1. The highest BCUT2D eigenvalue weighted by molar-refractivity contribution is 6.02. The van der Waals surface area contributed by atoms with Gasteiger partial charge >= 0.3 is 5.97 Å². The van der Waals surface area contributed by atoms with E-state index in [0.29, 0.717) is 36.6 Å². The van der Waals surface area contributed by atoms with E-state index in [0.717, 1.165) is 11.3 Å². The van der Waals surface area contributed by atoms with Crippen LogP contribution in [0.5, 0.6) is 5.75 Å². The summed E-state index contributed by atoms with van der Waals surface area (Å²) in [6, 6.07) is 25.5. The SMILES string of the molecule is CCOc1ccccc1NC(=O)C(OC(=O)CCC(=O)N1CCC(c2ccccc2)=N1)c1ccccc1. The molecule has 4 rings (SSSR count). The molecule has 0 radical (unpaired) electrons. The molecule has 1 atom stereocenters. The first-order valence-corrected chi connectivity index (χ1v) is 12.3. The van der Waals surface area contributed by atoms with Crippen LogP contribution in [0.3, 0.4) is 0 Å². The molecule has 3 aromatic carbocycles. The minimum atomic E-state index is -1.19. The Balaban J connectivity index is 1.39. The zero-order valence-electron chi connectivity index (χ0n) is 20.6. The Labute approximate surface area is 215 Å². The number of nitrogens with zero attached hydrogens (tertiary/aromatic N) is 2. The van der Waals surface area contributed by atoms with Gasteiger partial charge in [-0.25, -0.2) is 5.01 Å². The third-order valence-corrected chi connectivity index (χ3v) is 5.77. The normalized spacial score (nSPS) is 13.4. The van der Waals surface area contributed by atoms with Gasteiger partial charge in [0.2, 0.25) is 12.0 Å². The predicted octanol–water partition coefficient (Wildman–Crippen LogP) is 4.73. The lowest BCUT2D eigenvalue weighted by atomic mass is 10.1. The van der Waals surface area contributed by atoms with Crippen molar-refractivity contribution >= 4 is 29.2 Å². The maximum atomic E-state index is 13.2. The third kappa shape index (κ3) is 6.82. The van der Waals surface area contributed by atoms with Crippen LogP contribution in [-0.4, -0.2) is 41.7 Å². The number of hydrazone groups is 1. The number of nitrogens with one attached hydrogen (secondary N) is 1. The number of esters is 1. The summed E-state index contributed by atoms with van der Waals surface area (Å²) in [5.41, 5.74) is 2.80. The largest absolute Gasteiger partial charge is 0.492 e. The van der Waals surface area contributed by atoms with Gasteiger partial charge in [0.05, 0.1) is 31.0 Å². The lowest BCUT2D eigenvalue weighted by molar-refractivity contribution is -0.155. The van der Waals surface area contributed by atoms with Gasteiger partial charge in [-0.2, -0.15) is 5.10 Å². The van der Waals surface area contributed by atoms with Crippen molar-refractivity contribution in [3.05, 3.63) is 96.1 Å². The quantitative estimate of drug-likeness (QED) is 0.407. The summed E-state index contributed by atoms with van der Waals surface area (Å²) in [5.74, 6) is -0.922. The van der Waals surface area contributed by atoms with Gasteiger partial charge in [-0.15, -0.1) is 0 Å². The molecule has 1 aliphatic heterocycles. The molecule has 8 nitrogen and oxygen atoms in total. The van der Waals surface area contributed by atoms with Gasteiger partial charge in [0, 0.05) is 18.4 Å². The van der Waals surface area contributed by atoms with Crippen LogP contribution in [0.2, 0.25) is 0 Å². The van der Waals surface area contributed by atoms with Gasteiger partial charge in [-0.3, -0.25) is 14.4 Å². The molecule has 1 heterocycles. The summed E-state index contributed by atoms with van der Waals surface area (Å²) < 4.78 is 11.2. The van der Waals surface area contributed by atoms with Crippen molar-refractivity contribution in [1.82, 2.24) is 5.01 Å². The molecule has 0 saturated heterocycles. The van der Waals surface area contributed by atoms with E-state index in [-0.39, 0.29) is 18.7 Å². The van der Waals surface area contributed by atoms with Crippen LogP contribution in [0, 0.1) is 0 Å². The van der Waals surface area contributed by atoms with Crippen molar-refractivity contribution < 1.29 is 23.9 Å². The van der Waals surface area contributed by atoms with Crippen molar-refractivity contribution in [2.75, 3.05) is 18.5 Å². The van der Waals surface area contributed by atoms with Gasteiger partial charge in [-0.1, -0.05) is 72.8 Å². The molecule has 3 aromatic rings. The fraction of sp³-hybridized carbons (Fsp3) is 0.241. The van der Waals surface area contributed by atoms with E-state index in [2.05, 4.69) is 10.4 Å².